The summed E-state index contributed by atoms with van der Waals surface area (Å²) < 4.78 is 13.4. The van der Waals surface area contributed by atoms with Gasteiger partial charge in [0.05, 0.1) is 22.5 Å². The van der Waals surface area contributed by atoms with Crippen molar-refractivity contribution in [3.05, 3.63) is 107 Å². The minimum absolute atomic E-state index is 0.0467. The number of benzene rings is 2. The number of aromatic nitrogens is 3. The van der Waals surface area contributed by atoms with Crippen molar-refractivity contribution in [3.63, 3.8) is 0 Å². The number of hydrogen-bond donors (Lipinski definition) is 3. The van der Waals surface area contributed by atoms with Crippen molar-refractivity contribution in [3.8, 4) is 16.9 Å². The third-order valence-electron chi connectivity index (χ3n) is 10.8. The van der Waals surface area contributed by atoms with E-state index in [9.17, 15) is 19.2 Å². The Balaban J connectivity index is 0.913. The Morgan fingerprint density at radius 1 is 0.982 bits per heavy atom. The summed E-state index contributed by atoms with van der Waals surface area (Å²) in [5.74, 6) is -0.152. The number of imide groups is 1. The second-order valence-electron chi connectivity index (χ2n) is 14.6. The number of piperidine rings is 1. The maximum Gasteiger partial charge on any atom is 0.266 e. The molecule has 282 valence electrons. The average Bonchev–Trinajstić information content (AvgIpc) is 3.79. The number of fused-ring (bicyclic) bond motifs is 2. The number of nitrogens with one attached hydrogen (secondary N) is 3. The van der Waals surface area contributed by atoms with Gasteiger partial charge in [0.15, 0.2) is 6.61 Å². The lowest BCUT2D eigenvalue weighted by Crippen LogP contribution is -2.51. The summed E-state index contributed by atoms with van der Waals surface area (Å²) in [5, 5.41) is 13.4. The van der Waals surface area contributed by atoms with Crippen LogP contribution in [0.3, 0.4) is 0 Å². The molecule has 3 aromatic heterocycles. The summed E-state index contributed by atoms with van der Waals surface area (Å²) in [6.07, 6.45) is 10.3. The number of imidazole rings is 1. The first-order valence-corrected chi connectivity index (χ1v) is 18.9. The topological polar surface area (TPSA) is 160 Å². The minimum atomic E-state index is -0.940. The van der Waals surface area contributed by atoms with E-state index >= 15 is 0 Å². The Morgan fingerprint density at radius 3 is 2.53 bits per heavy atom. The van der Waals surface area contributed by atoms with Gasteiger partial charge in [0.2, 0.25) is 5.91 Å². The van der Waals surface area contributed by atoms with Gasteiger partial charge in [-0.2, -0.15) is 0 Å². The molecule has 4 amide bonds. The van der Waals surface area contributed by atoms with Crippen LogP contribution in [0.4, 0.5) is 11.5 Å². The predicted octanol–water partition coefficient (Wildman–Crippen LogP) is 6.54. The van der Waals surface area contributed by atoms with Gasteiger partial charge in [-0.15, -0.1) is 0 Å². The van der Waals surface area contributed by atoms with E-state index in [-0.39, 0.29) is 23.5 Å². The summed E-state index contributed by atoms with van der Waals surface area (Å²) >= 11 is 0. The van der Waals surface area contributed by atoms with Gasteiger partial charge in [0.25, 0.3) is 17.7 Å². The molecule has 1 saturated heterocycles. The monoisotopic (exact) mass is 741 g/mol. The summed E-state index contributed by atoms with van der Waals surface area (Å²) in [6, 6.07) is 15.9. The molecule has 3 aliphatic rings. The molecule has 2 fully saturated rings. The molecule has 13 heteroatoms. The minimum Gasteiger partial charge on any atom is -0.483 e. The van der Waals surface area contributed by atoms with E-state index in [2.05, 4.69) is 50.4 Å². The second-order valence-corrected chi connectivity index (χ2v) is 14.6. The zero-order chi connectivity index (χ0) is 38.2. The molecule has 8 rings (SSSR count). The van der Waals surface area contributed by atoms with E-state index < -0.39 is 29.7 Å². The van der Waals surface area contributed by atoms with E-state index in [0.717, 1.165) is 75.9 Å². The number of carbonyl (C=O) groups excluding carboxylic acids is 4. The van der Waals surface area contributed by atoms with Crippen molar-refractivity contribution in [2.24, 2.45) is 0 Å². The molecule has 2 aliphatic heterocycles. The fraction of sp³-hybridized carbons (Fsp3) is 0.333. The number of carbonyl (C=O) groups is 4. The number of allylic oxidation sites excluding steroid dienone is 1. The van der Waals surface area contributed by atoms with Crippen LogP contribution in [0.15, 0.2) is 77.6 Å². The summed E-state index contributed by atoms with van der Waals surface area (Å²) in [6.45, 7) is 7.25. The number of rotatable bonds is 11. The second kappa shape index (κ2) is 14.9. The lowest BCUT2D eigenvalue weighted by atomic mass is 9.95. The molecule has 5 aromatic rings. The van der Waals surface area contributed by atoms with Crippen LogP contribution in [-0.2, 0) is 22.4 Å². The number of hydrogen-bond acceptors (Lipinski definition) is 9. The van der Waals surface area contributed by atoms with E-state index in [0.29, 0.717) is 30.3 Å². The van der Waals surface area contributed by atoms with Crippen LogP contribution < -0.4 is 20.7 Å². The molecule has 0 spiro atoms. The first-order chi connectivity index (χ1) is 26.6. The standard InChI is InChI=1S/C42H43N7O6/c1-24-12-19-33(40(51)43-24)49-41(52)31-10-7-11-34(38(31)42(49)53)54-23-36(50)44-30-16-13-27(14-17-30)15-18-32-39(45-29-8-5-4-6-9-29)48-21-20-28(22-35(48)46-32)37-25(2)47-55-26(37)3/h7,10-11,13-14,16-17,20-22,29,33,45H,1,4-6,8-9,12,15,18-19,23H2,2-3H3,(H,43,51)(H,44,50). The highest BCUT2D eigenvalue weighted by molar-refractivity contribution is 6.24. The van der Waals surface area contributed by atoms with Gasteiger partial charge < -0.3 is 25.2 Å². The maximum absolute atomic E-state index is 13.4. The molecule has 1 atom stereocenters. The Kier molecular flexibility index (Phi) is 9.68. The van der Waals surface area contributed by atoms with Crippen molar-refractivity contribution >= 4 is 40.8 Å². The highest BCUT2D eigenvalue weighted by Gasteiger charge is 2.45. The highest BCUT2D eigenvalue weighted by Crippen LogP contribution is 2.35. The van der Waals surface area contributed by atoms with Gasteiger partial charge in [0, 0.05) is 29.2 Å². The van der Waals surface area contributed by atoms with Crippen LogP contribution in [0.1, 0.15) is 88.4 Å². The van der Waals surface area contributed by atoms with Gasteiger partial charge in [-0.1, -0.05) is 49.2 Å². The molecule has 55 heavy (non-hydrogen) atoms. The van der Waals surface area contributed by atoms with Gasteiger partial charge in [-0.25, -0.2) is 4.98 Å². The lowest BCUT2D eigenvalue weighted by molar-refractivity contribution is -0.125. The van der Waals surface area contributed by atoms with Crippen LogP contribution >= 0.6 is 0 Å². The summed E-state index contributed by atoms with van der Waals surface area (Å²) in [7, 11) is 0. The number of ether oxygens (including phenoxy) is 1. The van der Waals surface area contributed by atoms with Crippen LogP contribution in [0.5, 0.6) is 5.75 Å². The fourth-order valence-electron chi connectivity index (χ4n) is 7.95. The van der Waals surface area contributed by atoms with Crippen LogP contribution in [0.25, 0.3) is 16.8 Å². The molecular formula is C42H43N7O6. The Labute approximate surface area is 318 Å². The summed E-state index contributed by atoms with van der Waals surface area (Å²) in [4.78, 5) is 58.2. The van der Waals surface area contributed by atoms with Gasteiger partial charge in [0.1, 0.15) is 29.0 Å². The van der Waals surface area contributed by atoms with Crippen molar-refractivity contribution < 1.29 is 28.4 Å². The molecule has 5 heterocycles. The largest absolute Gasteiger partial charge is 0.483 e. The number of anilines is 2. The van der Waals surface area contributed by atoms with Crippen molar-refractivity contribution in [1.82, 2.24) is 24.8 Å². The SMILES string of the molecule is C=C1CCC(N2C(=O)c3cccc(OCC(=O)Nc4ccc(CCc5nc6cc(-c7c(C)noc7C)ccn6c5NC5CCCCC5)cc4)c3C2=O)C(=O)N1. The average molecular weight is 742 g/mol. The normalized spacial score (nSPS) is 17.4. The molecule has 1 unspecified atom stereocenters. The zero-order valence-corrected chi connectivity index (χ0v) is 30.9. The third-order valence-corrected chi connectivity index (χ3v) is 10.8. The van der Waals surface area contributed by atoms with Crippen LogP contribution in [0, 0.1) is 13.8 Å². The van der Waals surface area contributed by atoms with Crippen molar-refractivity contribution in [2.45, 2.75) is 83.7 Å². The number of aryl methyl sites for hydroxylation is 4. The summed E-state index contributed by atoms with van der Waals surface area (Å²) in [5.41, 5.74) is 7.15. The quantitative estimate of drug-likeness (QED) is 0.128. The molecule has 0 radical (unpaired) electrons. The zero-order valence-electron chi connectivity index (χ0n) is 30.9. The van der Waals surface area contributed by atoms with Crippen LogP contribution in [-0.4, -0.2) is 61.8 Å². The Bertz CT molecular complexity index is 2320. The Hall–Kier alpha value is -6.24. The number of pyridine rings is 1. The van der Waals surface area contributed by atoms with Crippen molar-refractivity contribution in [2.75, 3.05) is 17.2 Å². The maximum atomic E-state index is 13.4. The van der Waals surface area contributed by atoms with E-state index in [1.165, 1.54) is 31.4 Å². The Morgan fingerprint density at radius 2 is 1.78 bits per heavy atom. The van der Waals surface area contributed by atoms with E-state index in [1.54, 1.807) is 6.07 Å². The first kappa shape index (κ1) is 35.8. The molecule has 13 nitrogen and oxygen atoms in total. The molecular weight excluding hydrogens is 699 g/mol. The lowest BCUT2D eigenvalue weighted by Gasteiger charge is -2.29. The third kappa shape index (κ3) is 7.09. The van der Waals surface area contributed by atoms with Gasteiger partial charge in [-0.05, 0) is 99.9 Å². The number of nitrogens with zero attached hydrogens (tertiary/aromatic N) is 4. The predicted molar refractivity (Wildman–Crippen MR) is 206 cm³/mol. The van der Waals surface area contributed by atoms with Gasteiger partial charge in [-0.3, -0.25) is 28.5 Å². The fourth-order valence-corrected chi connectivity index (χ4v) is 7.95. The van der Waals surface area contributed by atoms with Crippen molar-refractivity contribution in [1.29, 1.82) is 0 Å². The molecule has 1 aliphatic carbocycles. The molecule has 3 N–H and O–H groups in total. The highest BCUT2D eigenvalue weighted by atomic mass is 16.5. The van der Waals surface area contributed by atoms with E-state index in [4.69, 9.17) is 14.2 Å². The first-order valence-electron chi connectivity index (χ1n) is 18.9. The molecule has 0 bridgehead atoms. The van der Waals surface area contributed by atoms with Crippen LogP contribution in [0.2, 0.25) is 0 Å². The smallest absolute Gasteiger partial charge is 0.266 e. The molecule has 2 aromatic carbocycles. The van der Waals surface area contributed by atoms with Gasteiger partial charge >= 0.3 is 0 Å². The van der Waals surface area contributed by atoms with E-state index in [1.807, 2.05) is 38.1 Å². The number of amides is 4. The molecule has 1 saturated carbocycles.